The molecule has 1 N–H and O–H groups in total. The second-order valence-electron chi connectivity index (χ2n) is 5.73. The van der Waals surface area contributed by atoms with E-state index in [0.717, 1.165) is 4.90 Å². The smallest absolute Gasteiger partial charge is 0.383 e. The first-order valence-electron chi connectivity index (χ1n) is 7.68. The molecular weight excluding hydrogens is 364 g/mol. The Hall–Kier alpha value is -1.38. The van der Waals surface area contributed by atoms with Crippen LogP contribution in [0.3, 0.4) is 0 Å². The molecular formula is C16H21ClF4N2O2. The van der Waals surface area contributed by atoms with Gasteiger partial charge >= 0.3 is 12.1 Å². The minimum Gasteiger partial charge on any atom is -0.383 e. The van der Waals surface area contributed by atoms with Gasteiger partial charge in [0.25, 0.3) is 0 Å². The van der Waals surface area contributed by atoms with Gasteiger partial charge in [-0.3, -0.25) is 4.79 Å². The van der Waals surface area contributed by atoms with Crippen LogP contribution >= 0.6 is 12.4 Å². The van der Waals surface area contributed by atoms with E-state index in [1.165, 1.54) is 19.2 Å². The molecule has 1 aliphatic rings. The molecule has 1 amide bonds. The molecule has 1 saturated heterocycles. The van der Waals surface area contributed by atoms with Gasteiger partial charge in [0.05, 0.1) is 6.61 Å². The first-order chi connectivity index (χ1) is 11.3. The Bertz CT molecular complexity index is 571. The van der Waals surface area contributed by atoms with Crippen LogP contribution in [0.1, 0.15) is 24.4 Å². The van der Waals surface area contributed by atoms with Gasteiger partial charge in [0.1, 0.15) is 5.82 Å². The molecule has 1 aromatic carbocycles. The molecule has 0 spiro atoms. The van der Waals surface area contributed by atoms with Crippen molar-refractivity contribution in [2.75, 3.05) is 26.8 Å². The van der Waals surface area contributed by atoms with E-state index in [0.29, 0.717) is 18.5 Å². The fraction of sp³-hybridized carbons (Fsp3) is 0.562. The molecule has 142 valence electrons. The van der Waals surface area contributed by atoms with Crippen molar-refractivity contribution in [2.45, 2.75) is 31.1 Å². The van der Waals surface area contributed by atoms with Gasteiger partial charge < -0.3 is 15.0 Å². The summed E-state index contributed by atoms with van der Waals surface area (Å²) in [6, 6.07) is 5.05. The summed E-state index contributed by atoms with van der Waals surface area (Å²) >= 11 is 0. The SMILES string of the molecule is COCCN(C(=O)C(F)(F)F)[C@@H]1CCN[C@H](c2cccc(F)c2)C1.Cl. The summed E-state index contributed by atoms with van der Waals surface area (Å²) in [6.45, 7) is 0.340. The van der Waals surface area contributed by atoms with E-state index in [4.69, 9.17) is 4.74 Å². The van der Waals surface area contributed by atoms with E-state index in [1.807, 2.05) is 0 Å². The van der Waals surface area contributed by atoms with Crippen molar-refractivity contribution >= 4 is 18.3 Å². The van der Waals surface area contributed by atoms with E-state index < -0.39 is 23.9 Å². The first kappa shape index (κ1) is 21.7. The number of nitrogens with one attached hydrogen (secondary N) is 1. The van der Waals surface area contributed by atoms with E-state index in [9.17, 15) is 22.4 Å². The number of carbonyl (C=O) groups excluding carboxylic acids is 1. The van der Waals surface area contributed by atoms with Crippen molar-refractivity contribution in [1.82, 2.24) is 10.2 Å². The zero-order chi connectivity index (χ0) is 17.7. The number of benzene rings is 1. The molecule has 4 nitrogen and oxygen atoms in total. The second kappa shape index (κ2) is 9.35. The predicted octanol–water partition coefficient (Wildman–Crippen LogP) is 3.08. The Morgan fingerprint density at radius 2 is 2.12 bits per heavy atom. The number of hydrogen-bond acceptors (Lipinski definition) is 3. The number of nitrogens with zero attached hydrogens (tertiary/aromatic N) is 1. The Balaban J connectivity index is 0.00000312. The molecule has 1 aliphatic heterocycles. The molecule has 2 rings (SSSR count). The number of amides is 1. The Morgan fingerprint density at radius 3 is 2.72 bits per heavy atom. The lowest BCUT2D eigenvalue weighted by Crippen LogP contribution is -2.52. The normalized spacial score (nSPS) is 20.7. The van der Waals surface area contributed by atoms with Crippen molar-refractivity contribution in [3.05, 3.63) is 35.6 Å². The predicted molar refractivity (Wildman–Crippen MR) is 87.1 cm³/mol. The zero-order valence-corrected chi connectivity index (χ0v) is 14.5. The number of methoxy groups -OCH3 is 1. The van der Waals surface area contributed by atoms with E-state index in [1.54, 1.807) is 12.1 Å². The van der Waals surface area contributed by atoms with E-state index in [2.05, 4.69) is 5.32 Å². The van der Waals surface area contributed by atoms with Gasteiger partial charge in [0.2, 0.25) is 0 Å². The topological polar surface area (TPSA) is 41.6 Å². The molecule has 0 radical (unpaired) electrons. The van der Waals surface area contributed by atoms with Gasteiger partial charge in [-0.1, -0.05) is 12.1 Å². The molecule has 25 heavy (non-hydrogen) atoms. The number of alkyl halides is 3. The summed E-state index contributed by atoms with van der Waals surface area (Å²) < 4.78 is 56.8. The first-order valence-corrected chi connectivity index (χ1v) is 7.68. The highest BCUT2D eigenvalue weighted by Gasteiger charge is 2.45. The van der Waals surface area contributed by atoms with Gasteiger partial charge in [0, 0.05) is 25.7 Å². The van der Waals surface area contributed by atoms with Gasteiger partial charge in [0.15, 0.2) is 0 Å². The third-order valence-electron chi connectivity index (χ3n) is 4.11. The summed E-state index contributed by atoms with van der Waals surface area (Å²) in [6.07, 6.45) is -4.24. The van der Waals surface area contributed by atoms with Gasteiger partial charge in [-0.2, -0.15) is 13.2 Å². The standard InChI is InChI=1S/C16H20F4N2O2.ClH/c1-24-8-7-22(15(23)16(18,19)20)13-5-6-21-14(10-13)11-3-2-4-12(17)9-11;/h2-4,9,13-14,21H,5-8,10H2,1H3;1H/t13-,14+;/m1./s1. The van der Waals surface area contributed by atoms with Crippen LogP contribution in [-0.4, -0.2) is 49.8 Å². The maximum atomic E-state index is 13.4. The van der Waals surface area contributed by atoms with Crippen LogP contribution < -0.4 is 5.32 Å². The van der Waals surface area contributed by atoms with Crippen LogP contribution in [0.15, 0.2) is 24.3 Å². The number of ether oxygens (including phenoxy) is 1. The minimum atomic E-state index is -4.92. The number of rotatable bonds is 5. The summed E-state index contributed by atoms with van der Waals surface area (Å²) in [5.41, 5.74) is 0.658. The molecule has 1 heterocycles. The zero-order valence-electron chi connectivity index (χ0n) is 13.7. The Labute approximate surface area is 149 Å². The van der Waals surface area contributed by atoms with Crippen LogP contribution in [0.5, 0.6) is 0 Å². The van der Waals surface area contributed by atoms with Crippen molar-refractivity contribution in [3.63, 3.8) is 0 Å². The number of piperidine rings is 1. The summed E-state index contributed by atoms with van der Waals surface area (Å²) in [5.74, 6) is -2.26. The van der Waals surface area contributed by atoms with Gasteiger partial charge in [-0.15, -0.1) is 12.4 Å². The quantitative estimate of drug-likeness (QED) is 0.793. The van der Waals surface area contributed by atoms with E-state index in [-0.39, 0.29) is 38.0 Å². The lowest BCUT2D eigenvalue weighted by atomic mass is 9.92. The molecule has 9 heteroatoms. The lowest BCUT2D eigenvalue weighted by molar-refractivity contribution is -0.189. The van der Waals surface area contributed by atoms with Gasteiger partial charge in [-0.25, -0.2) is 4.39 Å². The molecule has 0 aliphatic carbocycles. The molecule has 2 atom stereocenters. The highest BCUT2D eigenvalue weighted by Crippen LogP contribution is 2.29. The number of halogens is 5. The Kier molecular flexibility index (Phi) is 8.11. The van der Waals surface area contributed by atoms with E-state index >= 15 is 0 Å². The monoisotopic (exact) mass is 384 g/mol. The van der Waals surface area contributed by atoms with Crippen LogP contribution in [0.2, 0.25) is 0 Å². The molecule has 0 aromatic heterocycles. The second-order valence-corrected chi connectivity index (χ2v) is 5.73. The molecule has 0 saturated carbocycles. The van der Waals surface area contributed by atoms with Crippen LogP contribution in [0.25, 0.3) is 0 Å². The van der Waals surface area contributed by atoms with Crippen molar-refractivity contribution in [2.24, 2.45) is 0 Å². The summed E-state index contributed by atoms with van der Waals surface area (Å²) in [4.78, 5) is 12.6. The number of hydrogen-bond donors (Lipinski definition) is 1. The van der Waals surface area contributed by atoms with Crippen molar-refractivity contribution in [3.8, 4) is 0 Å². The molecule has 1 aromatic rings. The molecule has 0 bridgehead atoms. The van der Waals surface area contributed by atoms with Crippen LogP contribution in [-0.2, 0) is 9.53 Å². The van der Waals surface area contributed by atoms with Crippen LogP contribution in [0.4, 0.5) is 17.6 Å². The lowest BCUT2D eigenvalue weighted by Gasteiger charge is -2.38. The highest BCUT2D eigenvalue weighted by atomic mass is 35.5. The highest BCUT2D eigenvalue weighted by molar-refractivity contribution is 5.85. The maximum Gasteiger partial charge on any atom is 0.471 e. The fourth-order valence-electron chi connectivity index (χ4n) is 2.96. The largest absolute Gasteiger partial charge is 0.471 e. The third-order valence-corrected chi connectivity index (χ3v) is 4.11. The maximum absolute atomic E-state index is 13.4. The van der Waals surface area contributed by atoms with Gasteiger partial charge in [-0.05, 0) is 37.1 Å². The molecule has 0 unspecified atom stereocenters. The summed E-state index contributed by atoms with van der Waals surface area (Å²) in [5, 5.41) is 3.16. The van der Waals surface area contributed by atoms with Crippen LogP contribution in [0, 0.1) is 5.82 Å². The average Bonchev–Trinajstić information content (AvgIpc) is 2.54. The van der Waals surface area contributed by atoms with Crippen molar-refractivity contribution < 1.29 is 27.1 Å². The molecule has 1 fully saturated rings. The summed E-state index contributed by atoms with van der Waals surface area (Å²) in [7, 11) is 1.37. The third kappa shape index (κ3) is 5.83. The average molecular weight is 385 g/mol. The van der Waals surface area contributed by atoms with Crippen molar-refractivity contribution in [1.29, 1.82) is 0 Å². The fourth-order valence-corrected chi connectivity index (χ4v) is 2.96. The number of carbonyl (C=O) groups is 1. The Morgan fingerprint density at radius 1 is 1.40 bits per heavy atom. The minimum absolute atomic E-state index is 0.